The zero-order chi connectivity index (χ0) is 18.2. The van der Waals surface area contributed by atoms with Crippen molar-refractivity contribution in [1.29, 1.82) is 0 Å². The van der Waals surface area contributed by atoms with Crippen LogP contribution in [0.3, 0.4) is 0 Å². The van der Waals surface area contributed by atoms with Gasteiger partial charge in [-0.05, 0) is 37.8 Å². The largest absolute Gasteiger partial charge is 0.480 e. The maximum absolute atomic E-state index is 13.7. The lowest BCUT2D eigenvalue weighted by molar-refractivity contribution is -0.144. The summed E-state index contributed by atoms with van der Waals surface area (Å²) in [7, 11) is 0. The number of hydrogen-bond acceptors (Lipinski definition) is 3. The van der Waals surface area contributed by atoms with E-state index in [9.17, 15) is 23.2 Å². The summed E-state index contributed by atoms with van der Waals surface area (Å²) in [5.41, 5.74) is -1.33. The molecule has 134 valence electrons. The number of carbonyl (C=O) groups is 3. The van der Waals surface area contributed by atoms with Crippen LogP contribution in [-0.4, -0.2) is 46.4 Å². The highest BCUT2D eigenvalue weighted by Crippen LogP contribution is 2.36. The summed E-state index contributed by atoms with van der Waals surface area (Å²) in [6.45, 7) is 0.515. The highest BCUT2D eigenvalue weighted by molar-refractivity contribution is 5.95. The van der Waals surface area contributed by atoms with Gasteiger partial charge in [-0.15, -0.1) is 0 Å². The molecule has 0 aromatic heterocycles. The molecule has 0 bridgehead atoms. The van der Waals surface area contributed by atoms with Crippen LogP contribution in [0.4, 0.5) is 8.78 Å². The number of carboxylic acids is 1. The number of carbonyl (C=O) groups excluding carboxylic acids is 2. The predicted molar refractivity (Wildman–Crippen MR) is 82.7 cm³/mol. The van der Waals surface area contributed by atoms with Crippen molar-refractivity contribution in [2.45, 2.75) is 31.2 Å². The quantitative estimate of drug-likeness (QED) is 0.861. The third kappa shape index (κ3) is 3.47. The van der Waals surface area contributed by atoms with Crippen LogP contribution in [0, 0.1) is 17.6 Å². The number of amides is 2. The highest BCUT2D eigenvalue weighted by Gasteiger charge is 2.52. The highest BCUT2D eigenvalue weighted by atomic mass is 19.1. The minimum absolute atomic E-state index is 0.202. The van der Waals surface area contributed by atoms with Gasteiger partial charge >= 0.3 is 5.97 Å². The summed E-state index contributed by atoms with van der Waals surface area (Å²) in [6, 6.07) is 2.79. The number of nitrogens with zero attached hydrogens (tertiary/aromatic N) is 1. The first-order valence-corrected chi connectivity index (χ1v) is 8.12. The molecule has 0 spiro atoms. The van der Waals surface area contributed by atoms with Crippen LogP contribution in [0.25, 0.3) is 0 Å². The zero-order valence-electron chi connectivity index (χ0n) is 13.4. The number of halogens is 2. The van der Waals surface area contributed by atoms with Gasteiger partial charge in [-0.3, -0.25) is 9.59 Å². The lowest BCUT2D eigenvalue weighted by atomic mass is 9.95. The molecule has 1 aromatic carbocycles. The Hall–Kier alpha value is -2.51. The van der Waals surface area contributed by atoms with Gasteiger partial charge in [0.1, 0.15) is 17.2 Å². The van der Waals surface area contributed by atoms with E-state index >= 15 is 0 Å². The first-order valence-electron chi connectivity index (χ1n) is 8.12. The number of benzene rings is 1. The van der Waals surface area contributed by atoms with Crippen LogP contribution >= 0.6 is 0 Å². The Labute approximate surface area is 142 Å². The number of piperidine rings is 1. The molecule has 2 aliphatic rings. The summed E-state index contributed by atoms with van der Waals surface area (Å²) in [5, 5.41) is 11.7. The van der Waals surface area contributed by atoms with Crippen molar-refractivity contribution in [3.8, 4) is 0 Å². The van der Waals surface area contributed by atoms with E-state index < -0.39 is 29.0 Å². The Bertz CT molecular complexity index is 725. The van der Waals surface area contributed by atoms with Gasteiger partial charge in [0.2, 0.25) is 5.91 Å². The molecule has 25 heavy (non-hydrogen) atoms. The number of rotatable bonds is 4. The van der Waals surface area contributed by atoms with Crippen LogP contribution in [-0.2, 0) is 9.59 Å². The molecule has 1 aliphatic carbocycles. The van der Waals surface area contributed by atoms with Crippen LogP contribution in [0.15, 0.2) is 18.2 Å². The average molecular weight is 352 g/mol. The molecular weight excluding hydrogens is 334 g/mol. The van der Waals surface area contributed by atoms with E-state index in [2.05, 4.69) is 5.32 Å². The van der Waals surface area contributed by atoms with E-state index in [4.69, 9.17) is 5.11 Å². The third-order valence-corrected chi connectivity index (χ3v) is 4.84. The molecule has 3 rings (SSSR count). The van der Waals surface area contributed by atoms with E-state index in [1.807, 2.05) is 0 Å². The summed E-state index contributed by atoms with van der Waals surface area (Å²) in [6.07, 6.45) is 1.59. The second-order valence-corrected chi connectivity index (χ2v) is 6.57. The number of hydrogen-bond donors (Lipinski definition) is 2. The van der Waals surface area contributed by atoms with Crippen molar-refractivity contribution in [3.05, 3.63) is 35.4 Å². The van der Waals surface area contributed by atoms with Crippen molar-refractivity contribution in [3.63, 3.8) is 0 Å². The lowest BCUT2D eigenvalue weighted by Crippen LogP contribution is -2.48. The number of carboxylic acid groups (broad SMARTS) is 1. The predicted octanol–water partition coefficient (Wildman–Crippen LogP) is 1.55. The molecule has 0 unspecified atom stereocenters. The topological polar surface area (TPSA) is 86.7 Å². The summed E-state index contributed by atoms with van der Waals surface area (Å²) < 4.78 is 26.7. The molecule has 0 radical (unpaired) electrons. The minimum Gasteiger partial charge on any atom is -0.480 e. The van der Waals surface area contributed by atoms with Gasteiger partial charge in [0, 0.05) is 25.1 Å². The fourth-order valence-corrected chi connectivity index (χ4v) is 3.03. The van der Waals surface area contributed by atoms with E-state index in [-0.39, 0.29) is 30.5 Å². The fourth-order valence-electron chi connectivity index (χ4n) is 3.03. The van der Waals surface area contributed by atoms with Gasteiger partial charge < -0.3 is 15.3 Å². The van der Waals surface area contributed by atoms with Crippen LogP contribution in [0.2, 0.25) is 0 Å². The number of nitrogens with one attached hydrogen (secondary N) is 1. The van der Waals surface area contributed by atoms with E-state index in [0.717, 1.165) is 12.1 Å². The van der Waals surface area contributed by atoms with Crippen LogP contribution in [0.5, 0.6) is 0 Å². The van der Waals surface area contributed by atoms with Crippen molar-refractivity contribution < 1.29 is 28.3 Å². The average Bonchev–Trinajstić information content (AvgIpc) is 3.35. The molecule has 2 fully saturated rings. The smallest absolute Gasteiger partial charge is 0.329 e. The molecule has 2 amide bonds. The Morgan fingerprint density at radius 1 is 1.16 bits per heavy atom. The van der Waals surface area contributed by atoms with Gasteiger partial charge in [-0.25, -0.2) is 13.6 Å². The molecule has 1 saturated carbocycles. The monoisotopic (exact) mass is 352 g/mol. The Balaban J connectivity index is 1.57. The Morgan fingerprint density at radius 2 is 1.80 bits per heavy atom. The molecule has 8 heteroatoms. The van der Waals surface area contributed by atoms with E-state index in [0.29, 0.717) is 31.7 Å². The Kier molecular flexibility index (Phi) is 4.45. The third-order valence-electron chi connectivity index (χ3n) is 4.84. The fraction of sp³-hybridized carbons (Fsp3) is 0.471. The van der Waals surface area contributed by atoms with E-state index in [1.165, 1.54) is 4.90 Å². The molecule has 1 aliphatic heterocycles. The van der Waals surface area contributed by atoms with Gasteiger partial charge in [0.25, 0.3) is 5.91 Å². The van der Waals surface area contributed by atoms with Crippen molar-refractivity contribution in [2.24, 2.45) is 5.92 Å². The maximum atomic E-state index is 13.7. The Morgan fingerprint density at radius 3 is 2.32 bits per heavy atom. The molecule has 6 nitrogen and oxygen atoms in total. The molecule has 1 heterocycles. The minimum atomic E-state index is -1.12. The lowest BCUT2D eigenvalue weighted by Gasteiger charge is -2.32. The zero-order valence-corrected chi connectivity index (χ0v) is 13.4. The van der Waals surface area contributed by atoms with Crippen molar-refractivity contribution >= 4 is 17.8 Å². The summed E-state index contributed by atoms with van der Waals surface area (Å²) in [5.74, 6) is -3.93. The molecule has 1 aromatic rings. The summed E-state index contributed by atoms with van der Waals surface area (Å²) in [4.78, 5) is 37.1. The SMILES string of the molecule is O=C(NC1(C(=O)O)CC1)C1CCN(C(=O)c2ccc(F)cc2F)CC1. The maximum Gasteiger partial charge on any atom is 0.329 e. The standard InChI is InChI=1S/C17H18F2N2O4/c18-11-1-2-12(13(19)9-11)15(23)21-7-3-10(4-8-21)14(22)20-17(5-6-17)16(24)25/h1-2,9-10H,3-8H2,(H,20,22)(H,24,25). The molecule has 1 saturated heterocycles. The van der Waals surface area contributed by atoms with Crippen LogP contribution < -0.4 is 5.32 Å². The van der Waals surface area contributed by atoms with Crippen molar-refractivity contribution in [1.82, 2.24) is 10.2 Å². The molecular formula is C17H18F2N2O4. The second-order valence-electron chi connectivity index (χ2n) is 6.57. The first kappa shape index (κ1) is 17.3. The van der Waals surface area contributed by atoms with Gasteiger partial charge in [0.05, 0.1) is 5.56 Å². The van der Waals surface area contributed by atoms with Crippen LogP contribution in [0.1, 0.15) is 36.0 Å². The van der Waals surface area contributed by atoms with Gasteiger partial charge in [-0.1, -0.05) is 0 Å². The first-order chi connectivity index (χ1) is 11.8. The summed E-state index contributed by atoms with van der Waals surface area (Å²) >= 11 is 0. The van der Waals surface area contributed by atoms with Gasteiger partial charge in [0.15, 0.2) is 0 Å². The number of aliphatic carboxylic acids is 1. The van der Waals surface area contributed by atoms with E-state index in [1.54, 1.807) is 0 Å². The van der Waals surface area contributed by atoms with Gasteiger partial charge in [-0.2, -0.15) is 0 Å². The normalized spacial score (nSPS) is 19.4. The van der Waals surface area contributed by atoms with Crippen molar-refractivity contribution in [2.75, 3.05) is 13.1 Å². The molecule has 0 atom stereocenters. The second kappa shape index (κ2) is 6.42. The molecule has 2 N–H and O–H groups in total. The number of likely N-dealkylation sites (tertiary alicyclic amines) is 1.